The predicted molar refractivity (Wildman–Crippen MR) is 162 cm³/mol. The first-order valence-corrected chi connectivity index (χ1v) is 14.9. The molecule has 1 aromatic heterocycles. The first-order chi connectivity index (χ1) is 20.1. The van der Waals surface area contributed by atoms with E-state index in [9.17, 15) is 22.2 Å². The largest absolute Gasteiger partial charge is 0.456 e. The summed E-state index contributed by atoms with van der Waals surface area (Å²) in [5.41, 5.74) is -0.151. The van der Waals surface area contributed by atoms with E-state index in [-0.39, 0.29) is 39.0 Å². The number of carbonyl (C=O) groups is 1. The van der Waals surface area contributed by atoms with Crippen molar-refractivity contribution in [1.29, 1.82) is 0 Å². The average molecular weight is 634 g/mol. The molecular formula is C30H31ClF3N5O3S. The number of nitrogens with one attached hydrogen (secondary N) is 3. The molecule has 1 heterocycles. The Hall–Kier alpha value is -3.90. The molecule has 0 amide bonds. The van der Waals surface area contributed by atoms with Crippen molar-refractivity contribution in [3.63, 3.8) is 0 Å². The van der Waals surface area contributed by atoms with Gasteiger partial charge in [-0.3, -0.25) is 4.21 Å². The van der Waals surface area contributed by atoms with Crippen molar-refractivity contribution in [3.05, 3.63) is 82.4 Å². The maximum Gasteiger partial charge on any atom is 0.417 e. The minimum atomic E-state index is -4.71. The number of H-pyrrole nitrogens is 1. The van der Waals surface area contributed by atoms with Gasteiger partial charge in [0.25, 0.3) is 0 Å². The third-order valence-electron chi connectivity index (χ3n) is 5.99. The Bertz CT molecular complexity index is 1620. The Balaban J connectivity index is 1.47. The third-order valence-corrected chi connectivity index (χ3v) is 7.88. The van der Waals surface area contributed by atoms with Gasteiger partial charge in [-0.2, -0.15) is 18.2 Å². The Morgan fingerprint density at radius 2 is 1.70 bits per heavy atom. The molecule has 228 valence electrons. The highest BCUT2D eigenvalue weighted by Crippen LogP contribution is 2.43. The van der Waals surface area contributed by atoms with E-state index >= 15 is 0 Å². The molecule has 0 saturated carbocycles. The van der Waals surface area contributed by atoms with E-state index in [1.807, 2.05) is 0 Å². The maximum absolute atomic E-state index is 14.1. The summed E-state index contributed by atoms with van der Waals surface area (Å²) in [6.45, 7) is 9.31. The van der Waals surface area contributed by atoms with E-state index in [2.05, 4.69) is 25.8 Å². The second kappa shape index (κ2) is 12.8. The van der Waals surface area contributed by atoms with Gasteiger partial charge in [-0.25, -0.2) is 9.89 Å². The number of aromatic nitrogens is 3. The van der Waals surface area contributed by atoms with E-state index in [0.717, 1.165) is 11.6 Å². The van der Waals surface area contributed by atoms with Crippen molar-refractivity contribution in [1.82, 2.24) is 15.2 Å². The number of esters is 1. The summed E-state index contributed by atoms with van der Waals surface area (Å²) in [5.74, 6) is -0.118. The van der Waals surface area contributed by atoms with Crippen molar-refractivity contribution in [2.75, 3.05) is 10.6 Å². The second-order valence-corrected chi connectivity index (χ2v) is 13.4. The summed E-state index contributed by atoms with van der Waals surface area (Å²) in [6.07, 6.45) is -4.71. The van der Waals surface area contributed by atoms with Crippen molar-refractivity contribution in [3.8, 4) is 11.1 Å². The fourth-order valence-electron chi connectivity index (χ4n) is 4.03. The first kappa shape index (κ1) is 32.0. The number of hydrogen-bond acceptors (Lipinski definition) is 7. The van der Waals surface area contributed by atoms with Gasteiger partial charge in [0.05, 0.1) is 26.9 Å². The molecular weight excluding hydrogens is 603 g/mol. The van der Waals surface area contributed by atoms with E-state index in [4.69, 9.17) is 16.3 Å². The number of carbonyl (C=O) groups excluding carboxylic acids is 1. The zero-order valence-corrected chi connectivity index (χ0v) is 25.7. The van der Waals surface area contributed by atoms with E-state index in [1.54, 1.807) is 71.0 Å². The van der Waals surface area contributed by atoms with Gasteiger partial charge in [0.15, 0.2) is 0 Å². The zero-order valence-electron chi connectivity index (χ0n) is 24.1. The van der Waals surface area contributed by atoms with Crippen LogP contribution in [-0.2, 0) is 28.3 Å². The van der Waals surface area contributed by atoms with Crippen LogP contribution in [0, 0.1) is 0 Å². The van der Waals surface area contributed by atoms with Crippen LogP contribution in [0.15, 0.2) is 65.6 Å². The standard InChI is InChI=1S/C30H31ClF3N5O3S/c1-17(2)43(41)22-12-10-19(11-13-22)25-23(30(32,33)34)14-21(15-24(25)31)36-28-37-27(38-39-28)35-16-18-6-8-20(9-7-18)26(40)42-29(3,4)5/h6-15,17H,16H2,1-5H3,(H3,35,36,37,38,39). The van der Waals surface area contributed by atoms with Crippen molar-refractivity contribution < 1.29 is 26.9 Å². The number of anilines is 3. The van der Waals surface area contributed by atoms with Gasteiger partial charge in [-0.05, 0) is 68.3 Å². The molecule has 43 heavy (non-hydrogen) atoms. The molecule has 0 spiro atoms. The minimum absolute atomic E-state index is 0.0547. The van der Waals surface area contributed by atoms with Crippen molar-refractivity contribution in [2.24, 2.45) is 0 Å². The van der Waals surface area contributed by atoms with Crippen LogP contribution in [-0.4, -0.2) is 36.2 Å². The Labute approximate surface area is 254 Å². The van der Waals surface area contributed by atoms with Crippen LogP contribution in [0.25, 0.3) is 11.1 Å². The van der Waals surface area contributed by atoms with Gasteiger partial charge in [0.2, 0.25) is 11.9 Å². The number of hydrogen-bond donors (Lipinski definition) is 3. The minimum Gasteiger partial charge on any atom is -0.456 e. The van der Waals surface area contributed by atoms with E-state index < -0.39 is 34.1 Å². The summed E-state index contributed by atoms with van der Waals surface area (Å²) in [6, 6.07) is 15.2. The number of halogens is 4. The molecule has 8 nitrogen and oxygen atoms in total. The normalized spacial score (nSPS) is 12.7. The van der Waals surface area contributed by atoms with Crippen LogP contribution in [0.5, 0.6) is 0 Å². The van der Waals surface area contributed by atoms with Crippen LogP contribution in [0.2, 0.25) is 5.02 Å². The SMILES string of the molecule is CC(C)S(=O)c1ccc(-c2c(Cl)cc(Nc3nc(NCc4ccc(C(=O)OC(C)(C)C)cc4)n[nH]3)cc2C(F)(F)F)cc1. The molecule has 1 unspecified atom stereocenters. The third kappa shape index (κ3) is 8.35. The second-order valence-electron chi connectivity index (χ2n) is 10.9. The van der Waals surface area contributed by atoms with Crippen LogP contribution in [0.3, 0.4) is 0 Å². The molecule has 0 aliphatic heterocycles. The molecule has 0 aliphatic rings. The lowest BCUT2D eigenvalue weighted by Crippen LogP contribution is -2.23. The topological polar surface area (TPSA) is 109 Å². The van der Waals surface area contributed by atoms with Gasteiger partial charge < -0.3 is 15.4 Å². The number of nitrogens with zero attached hydrogens (tertiary/aromatic N) is 2. The Morgan fingerprint density at radius 3 is 2.28 bits per heavy atom. The van der Waals surface area contributed by atoms with E-state index in [1.165, 1.54) is 18.2 Å². The lowest BCUT2D eigenvalue weighted by molar-refractivity contribution is -0.137. The highest BCUT2D eigenvalue weighted by molar-refractivity contribution is 7.85. The van der Waals surface area contributed by atoms with Gasteiger partial charge in [-0.15, -0.1) is 5.10 Å². The average Bonchev–Trinajstić information content (AvgIpc) is 3.37. The lowest BCUT2D eigenvalue weighted by Gasteiger charge is -2.19. The molecule has 3 N–H and O–H groups in total. The molecule has 0 aliphatic carbocycles. The van der Waals surface area contributed by atoms with Crippen molar-refractivity contribution >= 4 is 46.0 Å². The Morgan fingerprint density at radius 1 is 1.05 bits per heavy atom. The molecule has 4 rings (SSSR count). The lowest BCUT2D eigenvalue weighted by atomic mass is 9.98. The number of ether oxygens (including phenoxy) is 1. The smallest absolute Gasteiger partial charge is 0.417 e. The fourth-order valence-corrected chi connectivity index (χ4v) is 5.31. The molecule has 4 aromatic rings. The monoisotopic (exact) mass is 633 g/mol. The van der Waals surface area contributed by atoms with Crippen LogP contribution in [0.4, 0.5) is 30.8 Å². The van der Waals surface area contributed by atoms with Gasteiger partial charge >= 0.3 is 12.1 Å². The molecule has 0 fully saturated rings. The summed E-state index contributed by atoms with van der Waals surface area (Å²) in [5, 5.41) is 12.2. The molecule has 0 bridgehead atoms. The number of aromatic amines is 1. The molecule has 0 saturated heterocycles. The molecule has 1 atom stereocenters. The van der Waals surface area contributed by atoms with E-state index in [0.29, 0.717) is 17.0 Å². The quantitative estimate of drug-likeness (QED) is 0.160. The van der Waals surface area contributed by atoms with Crippen molar-refractivity contribution in [2.45, 2.75) is 63.1 Å². The highest BCUT2D eigenvalue weighted by Gasteiger charge is 2.35. The summed E-state index contributed by atoms with van der Waals surface area (Å²) >= 11 is 6.39. The van der Waals surface area contributed by atoms with Gasteiger partial charge in [0.1, 0.15) is 5.60 Å². The summed E-state index contributed by atoms with van der Waals surface area (Å²) < 4.78 is 60.2. The van der Waals surface area contributed by atoms with Crippen LogP contribution < -0.4 is 10.6 Å². The van der Waals surface area contributed by atoms with Gasteiger partial charge in [-0.1, -0.05) is 49.7 Å². The van der Waals surface area contributed by atoms with Crippen LogP contribution >= 0.6 is 11.6 Å². The molecule has 13 heteroatoms. The molecule has 3 aromatic carbocycles. The molecule has 0 radical (unpaired) electrons. The first-order valence-electron chi connectivity index (χ1n) is 13.3. The number of benzene rings is 3. The highest BCUT2D eigenvalue weighted by atomic mass is 35.5. The van der Waals surface area contributed by atoms with Gasteiger partial charge in [0, 0.05) is 27.9 Å². The number of rotatable bonds is 9. The maximum atomic E-state index is 14.1. The summed E-state index contributed by atoms with van der Waals surface area (Å²) in [4.78, 5) is 17.0. The number of alkyl halides is 3. The zero-order chi connectivity index (χ0) is 31.5. The predicted octanol–water partition coefficient (Wildman–Crippen LogP) is 7.97. The Kier molecular flexibility index (Phi) is 9.50. The van der Waals surface area contributed by atoms with Crippen LogP contribution in [0.1, 0.15) is 56.1 Å². The summed E-state index contributed by atoms with van der Waals surface area (Å²) in [7, 11) is -1.27. The fraction of sp³-hybridized carbons (Fsp3) is 0.300.